The molecule has 0 aliphatic carbocycles. The molecule has 1 aliphatic heterocycles. The van der Waals surface area contributed by atoms with Crippen LogP contribution < -0.4 is 4.99 Å². The summed E-state index contributed by atoms with van der Waals surface area (Å²) >= 11 is 0. The van der Waals surface area contributed by atoms with Gasteiger partial charge >= 0.3 is 5.90 Å². The van der Waals surface area contributed by atoms with Crippen molar-refractivity contribution in [2.24, 2.45) is 0 Å². The molecule has 2 heteroatoms. The van der Waals surface area contributed by atoms with E-state index in [0.29, 0.717) is 0 Å². The molecule has 0 amide bonds. The molecule has 1 aliphatic rings. The standard InChI is InChI=1S/C17H17NO/c1-18-16-17(12-13-19-16,14-8-4-2-5-9-14)15-10-6-3-7-11-15/h2-11H,12-13H2,1H3/p+1. The molecule has 0 unspecified atom stereocenters. The predicted molar refractivity (Wildman–Crippen MR) is 76.1 cm³/mol. The third kappa shape index (κ3) is 1.84. The summed E-state index contributed by atoms with van der Waals surface area (Å²) in [6, 6.07) is 21.2. The fraction of sp³-hybridized carbons (Fsp3) is 0.235. The van der Waals surface area contributed by atoms with E-state index in [4.69, 9.17) is 4.74 Å². The van der Waals surface area contributed by atoms with Gasteiger partial charge in [0.2, 0.25) is 0 Å². The maximum atomic E-state index is 5.83. The highest BCUT2D eigenvalue weighted by Crippen LogP contribution is 2.39. The molecule has 2 aromatic carbocycles. The van der Waals surface area contributed by atoms with Crippen LogP contribution >= 0.6 is 0 Å². The van der Waals surface area contributed by atoms with Gasteiger partial charge in [0.05, 0.1) is 6.61 Å². The molecule has 96 valence electrons. The van der Waals surface area contributed by atoms with Gasteiger partial charge in [0.1, 0.15) is 12.5 Å². The number of ether oxygens (including phenoxy) is 1. The van der Waals surface area contributed by atoms with Gasteiger partial charge < -0.3 is 4.74 Å². The Kier molecular flexibility index (Phi) is 3.08. The van der Waals surface area contributed by atoms with Crippen molar-refractivity contribution in [2.45, 2.75) is 11.8 Å². The Hall–Kier alpha value is -2.09. The molecule has 0 radical (unpaired) electrons. The van der Waals surface area contributed by atoms with Gasteiger partial charge in [0.15, 0.2) is 0 Å². The van der Waals surface area contributed by atoms with E-state index in [1.807, 2.05) is 7.05 Å². The second-order valence-electron chi connectivity index (χ2n) is 4.81. The maximum Gasteiger partial charge on any atom is 0.350 e. The molecule has 1 heterocycles. The first-order valence-corrected chi connectivity index (χ1v) is 6.67. The molecular formula is C17H18NO+. The number of hydrogen-bond donors (Lipinski definition) is 1. The van der Waals surface area contributed by atoms with Crippen LogP contribution in [-0.2, 0) is 10.2 Å². The van der Waals surface area contributed by atoms with Crippen LogP contribution in [-0.4, -0.2) is 19.6 Å². The van der Waals surface area contributed by atoms with Gasteiger partial charge in [-0.1, -0.05) is 60.7 Å². The highest BCUT2D eigenvalue weighted by Gasteiger charge is 2.49. The summed E-state index contributed by atoms with van der Waals surface area (Å²) in [7, 11) is 1.93. The van der Waals surface area contributed by atoms with Gasteiger partial charge in [0.25, 0.3) is 0 Å². The lowest BCUT2D eigenvalue weighted by atomic mass is 9.73. The topological polar surface area (TPSA) is 23.2 Å². The molecule has 2 nitrogen and oxygen atoms in total. The van der Waals surface area contributed by atoms with Crippen molar-refractivity contribution < 1.29 is 9.73 Å². The summed E-state index contributed by atoms with van der Waals surface area (Å²) in [6.45, 7) is 0.750. The van der Waals surface area contributed by atoms with Crippen LogP contribution in [0, 0.1) is 0 Å². The number of nitrogens with one attached hydrogen (secondary N) is 1. The highest BCUT2D eigenvalue weighted by molar-refractivity contribution is 5.89. The molecule has 3 rings (SSSR count). The van der Waals surface area contributed by atoms with E-state index < -0.39 is 0 Å². The van der Waals surface area contributed by atoms with E-state index in [1.54, 1.807) is 0 Å². The Bertz CT molecular complexity index is 535. The lowest BCUT2D eigenvalue weighted by molar-refractivity contribution is -0.433. The van der Waals surface area contributed by atoms with Crippen LogP contribution in [0.25, 0.3) is 0 Å². The Balaban J connectivity index is 2.23. The molecule has 0 aromatic heterocycles. The third-order valence-electron chi connectivity index (χ3n) is 3.87. The first kappa shape index (κ1) is 12.0. The first-order valence-electron chi connectivity index (χ1n) is 6.67. The van der Waals surface area contributed by atoms with Gasteiger partial charge in [-0.05, 0) is 11.1 Å². The Labute approximate surface area is 113 Å². The fourth-order valence-electron chi connectivity index (χ4n) is 2.99. The van der Waals surface area contributed by atoms with Crippen LogP contribution in [0.5, 0.6) is 0 Å². The molecule has 1 N–H and O–H groups in total. The van der Waals surface area contributed by atoms with E-state index in [1.165, 1.54) is 11.1 Å². The van der Waals surface area contributed by atoms with E-state index >= 15 is 0 Å². The largest absolute Gasteiger partial charge is 0.447 e. The number of hydrogen-bond acceptors (Lipinski definition) is 1. The zero-order chi connectivity index (χ0) is 13.1. The second kappa shape index (κ2) is 4.88. The number of rotatable bonds is 2. The monoisotopic (exact) mass is 252 g/mol. The Morgan fingerprint density at radius 2 is 1.42 bits per heavy atom. The van der Waals surface area contributed by atoms with Crippen LogP contribution in [0.3, 0.4) is 0 Å². The molecule has 1 fully saturated rings. The van der Waals surface area contributed by atoms with Crippen LogP contribution in [0.1, 0.15) is 17.5 Å². The zero-order valence-electron chi connectivity index (χ0n) is 11.1. The average Bonchev–Trinajstić information content (AvgIpc) is 2.94. The minimum Gasteiger partial charge on any atom is -0.447 e. The van der Waals surface area contributed by atoms with Crippen molar-refractivity contribution in [3.63, 3.8) is 0 Å². The molecule has 0 spiro atoms. The third-order valence-corrected chi connectivity index (χ3v) is 3.87. The Morgan fingerprint density at radius 1 is 0.895 bits per heavy atom. The maximum absolute atomic E-state index is 5.83. The van der Waals surface area contributed by atoms with Crippen LogP contribution in [0.2, 0.25) is 0 Å². The highest BCUT2D eigenvalue weighted by atomic mass is 16.5. The molecule has 19 heavy (non-hydrogen) atoms. The normalized spacial score (nSPS) is 19.3. The van der Waals surface area contributed by atoms with Gasteiger partial charge in [-0.3, -0.25) is 0 Å². The van der Waals surface area contributed by atoms with E-state index in [2.05, 4.69) is 65.7 Å². The quantitative estimate of drug-likeness (QED) is 0.860. The lowest BCUT2D eigenvalue weighted by Gasteiger charge is -2.25. The summed E-state index contributed by atoms with van der Waals surface area (Å²) in [5, 5.41) is 0. The van der Waals surface area contributed by atoms with Crippen molar-refractivity contribution in [1.29, 1.82) is 0 Å². The summed E-state index contributed by atoms with van der Waals surface area (Å²) in [6.07, 6.45) is 0.969. The fourth-order valence-corrected chi connectivity index (χ4v) is 2.99. The zero-order valence-corrected chi connectivity index (χ0v) is 11.1. The minimum absolute atomic E-state index is 0.169. The first-order chi connectivity index (χ1) is 9.38. The van der Waals surface area contributed by atoms with E-state index in [9.17, 15) is 0 Å². The average molecular weight is 252 g/mol. The van der Waals surface area contributed by atoms with E-state index in [-0.39, 0.29) is 5.41 Å². The van der Waals surface area contributed by atoms with Crippen molar-refractivity contribution in [2.75, 3.05) is 13.7 Å². The molecule has 0 atom stereocenters. The summed E-state index contributed by atoms with van der Waals surface area (Å²) in [5.41, 5.74) is 2.39. The SMILES string of the molecule is C[NH+]=C1OCCC1(c1ccccc1)c1ccccc1. The van der Waals surface area contributed by atoms with E-state index in [0.717, 1.165) is 18.9 Å². The Morgan fingerprint density at radius 3 is 1.89 bits per heavy atom. The van der Waals surface area contributed by atoms with Crippen molar-refractivity contribution in [3.05, 3.63) is 71.8 Å². The lowest BCUT2D eigenvalue weighted by Crippen LogP contribution is -2.72. The second-order valence-corrected chi connectivity index (χ2v) is 4.81. The van der Waals surface area contributed by atoms with Crippen LogP contribution in [0.4, 0.5) is 0 Å². The molecule has 1 saturated heterocycles. The number of benzene rings is 2. The van der Waals surface area contributed by atoms with Crippen LogP contribution in [0.15, 0.2) is 60.7 Å². The molecule has 0 saturated carbocycles. The molecule has 0 bridgehead atoms. The summed E-state index contributed by atoms with van der Waals surface area (Å²) < 4.78 is 5.83. The molecule has 2 aromatic rings. The molecular weight excluding hydrogens is 234 g/mol. The minimum atomic E-state index is -0.169. The summed E-state index contributed by atoms with van der Waals surface area (Å²) in [5.74, 6) is 0.949. The predicted octanol–water partition coefficient (Wildman–Crippen LogP) is 1.50. The smallest absolute Gasteiger partial charge is 0.350 e. The van der Waals surface area contributed by atoms with Gasteiger partial charge in [-0.25, -0.2) is 4.99 Å². The van der Waals surface area contributed by atoms with Crippen molar-refractivity contribution >= 4 is 5.90 Å². The van der Waals surface area contributed by atoms with Gasteiger partial charge in [-0.2, -0.15) is 0 Å². The van der Waals surface area contributed by atoms with Crippen molar-refractivity contribution in [3.8, 4) is 0 Å². The van der Waals surface area contributed by atoms with Gasteiger partial charge in [-0.15, -0.1) is 0 Å². The summed E-state index contributed by atoms with van der Waals surface area (Å²) in [4.78, 5) is 3.25. The van der Waals surface area contributed by atoms with Crippen molar-refractivity contribution in [1.82, 2.24) is 0 Å². The van der Waals surface area contributed by atoms with Gasteiger partial charge in [0, 0.05) is 6.42 Å².